The number of hydrogen-bond acceptors (Lipinski definition) is 3. The first-order valence-electron chi connectivity index (χ1n) is 7.63. The van der Waals surface area contributed by atoms with E-state index in [0.717, 1.165) is 11.1 Å². The maximum absolute atomic E-state index is 11.8. The summed E-state index contributed by atoms with van der Waals surface area (Å²) in [6.45, 7) is 5.95. The number of hydrogen-bond donors (Lipinski definition) is 1. The lowest BCUT2D eigenvalue weighted by Crippen LogP contribution is -2.25. The van der Waals surface area contributed by atoms with E-state index < -0.39 is 0 Å². The normalized spacial score (nSPS) is 12.1. The third-order valence-corrected chi connectivity index (χ3v) is 3.50. The minimum Gasteiger partial charge on any atom is -0.483 e. The topological polar surface area (TPSA) is 50.7 Å². The van der Waals surface area contributed by atoms with Gasteiger partial charge in [0, 0.05) is 12.1 Å². The van der Waals surface area contributed by atoms with Crippen LogP contribution in [0.15, 0.2) is 53.6 Å². The zero-order valence-corrected chi connectivity index (χ0v) is 13.7. The molecule has 0 heterocycles. The summed E-state index contributed by atoms with van der Waals surface area (Å²) in [5.41, 5.74) is 5.82. The molecule has 2 rings (SSSR count). The van der Waals surface area contributed by atoms with Crippen molar-refractivity contribution in [2.75, 3.05) is 6.61 Å². The molecule has 0 fully saturated rings. The first-order chi connectivity index (χ1) is 11.1. The average Bonchev–Trinajstić information content (AvgIpc) is 2.54. The fourth-order valence-corrected chi connectivity index (χ4v) is 2.20. The molecular formula is C19H22N2O2. The number of carbonyl (C=O) groups is 1. The van der Waals surface area contributed by atoms with E-state index in [0.29, 0.717) is 5.75 Å². The van der Waals surface area contributed by atoms with E-state index in [2.05, 4.69) is 10.5 Å². The van der Waals surface area contributed by atoms with Crippen molar-refractivity contribution in [3.05, 3.63) is 65.2 Å². The van der Waals surface area contributed by atoms with E-state index in [9.17, 15) is 4.79 Å². The highest BCUT2D eigenvalue weighted by Gasteiger charge is 2.05. The highest BCUT2D eigenvalue weighted by Crippen LogP contribution is 2.18. The Balaban J connectivity index is 1.80. The van der Waals surface area contributed by atoms with Crippen LogP contribution in [0.1, 0.15) is 29.5 Å². The van der Waals surface area contributed by atoms with Gasteiger partial charge in [0.2, 0.25) is 0 Å². The quantitative estimate of drug-likeness (QED) is 0.655. The van der Waals surface area contributed by atoms with Crippen LogP contribution >= 0.6 is 0 Å². The summed E-state index contributed by atoms with van der Waals surface area (Å²) in [6.07, 6.45) is 1.71. The zero-order chi connectivity index (χ0) is 16.7. The molecule has 4 heteroatoms. The molecule has 1 N–H and O–H groups in total. The van der Waals surface area contributed by atoms with Gasteiger partial charge in [-0.25, -0.2) is 5.43 Å². The van der Waals surface area contributed by atoms with E-state index >= 15 is 0 Å². The summed E-state index contributed by atoms with van der Waals surface area (Å²) >= 11 is 0. The second kappa shape index (κ2) is 8.13. The maximum atomic E-state index is 11.8. The van der Waals surface area contributed by atoms with Crippen LogP contribution < -0.4 is 10.2 Å². The number of ether oxygens (including phenoxy) is 1. The molecular weight excluding hydrogens is 288 g/mol. The molecule has 2 aromatic carbocycles. The molecule has 0 spiro atoms. The fourth-order valence-electron chi connectivity index (χ4n) is 2.20. The minimum atomic E-state index is -0.276. The van der Waals surface area contributed by atoms with Gasteiger partial charge >= 0.3 is 0 Å². The van der Waals surface area contributed by atoms with Crippen LogP contribution in [0, 0.1) is 13.8 Å². The van der Waals surface area contributed by atoms with E-state index in [1.54, 1.807) is 6.21 Å². The number of benzene rings is 2. The Hall–Kier alpha value is -2.62. The summed E-state index contributed by atoms with van der Waals surface area (Å²) in [5.74, 6) is 0.575. The van der Waals surface area contributed by atoms with Crippen molar-refractivity contribution in [2.45, 2.75) is 26.7 Å². The molecule has 4 nitrogen and oxygen atoms in total. The number of hydrazone groups is 1. The summed E-state index contributed by atoms with van der Waals surface area (Å²) < 4.78 is 5.51. The number of carbonyl (C=O) groups excluding carboxylic acids is 1. The molecule has 1 amide bonds. The van der Waals surface area contributed by atoms with Crippen molar-refractivity contribution < 1.29 is 9.53 Å². The third kappa shape index (κ3) is 5.25. The van der Waals surface area contributed by atoms with Crippen molar-refractivity contribution in [1.82, 2.24) is 5.43 Å². The SMILES string of the molecule is Cc1ccc(OCC(=O)N/N=C/[C@H](C)c2ccccc2)c(C)c1. The maximum Gasteiger partial charge on any atom is 0.277 e. The Morgan fingerprint density at radius 3 is 2.65 bits per heavy atom. The van der Waals surface area contributed by atoms with Gasteiger partial charge < -0.3 is 4.74 Å². The molecule has 2 aromatic rings. The number of amides is 1. The van der Waals surface area contributed by atoms with Gasteiger partial charge in [0.1, 0.15) is 5.75 Å². The number of aryl methyl sites for hydroxylation is 2. The molecule has 1 atom stereocenters. The van der Waals surface area contributed by atoms with Crippen molar-refractivity contribution in [3.8, 4) is 5.75 Å². The predicted molar refractivity (Wildman–Crippen MR) is 92.9 cm³/mol. The van der Waals surface area contributed by atoms with Gasteiger partial charge in [-0.15, -0.1) is 0 Å². The molecule has 0 radical (unpaired) electrons. The lowest BCUT2D eigenvalue weighted by Gasteiger charge is -2.09. The summed E-state index contributed by atoms with van der Waals surface area (Å²) in [5, 5.41) is 3.99. The lowest BCUT2D eigenvalue weighted by atomic mass is 10.0. The number of nitrogens with one attached hydrogen (secondary N) is 1. The molecule has 0 unspecified atom stereocenters. The first kappa shape index (κ1) is 16.7. The van der Waals surface area contributed by atoms with Gasteiger partial charge in [-0.05, 0) is 31.0 Å². The monoisotopic (exact) mass is 310 g/mol. The van der Waals surface area contributed by atoms with Crippen molar-refractivity contribution in [2.24, 2.45) is 5.10 Å². The zero-order valence-electron chi connectivity index (χ0n) is 13.7. The minimum absolute atomic E-state index is 0.0546. The summed E-state index contributed by atoms with van der Waals surface area (Å²) in [7, 11) is 0. The Morgan fingerprint density at radius 1 is 1.22 bits per heavy atom. The van der Waals surface area contributed by atoms with Gasteiger partial charge in [0.25, 0.3) is 5.91 Å². The van der Waals surface area contributed by atoms with Gasteiger partial charge in [-0.1, -0.05) is 55.0 Å². The van der Waals surface area contributed by atoms with Crippen molar-refractivity contribution in [1.29, 1.82) is 0 Å². The van der Waals surface area contributed by atoms with Crippen molar-refractivity contribution >= 4 is 12.1 Å². The lowest BCUT2D eigenvalue weighted by molar-refractivity contribution is -0.123. The van der Waals surface area contributed by atoms with Gasteiger partial charge in [0.15, 0.2) is 6.61 Å². The van der Waals surface area contributed by atoms with Gasteiger partial charge in [-0.2, -0.15) is 5.10 Å². The van der Waals surface area contributed by atoms with Crippen LogP contribution in [0.4, 0.5) is 0 Å². The van der Waals surface area contributed by atoms with Crippen LogP contribution in [0.25, 0.3) is 0 Å². The summed E-state index contributed by atoms with van der Waals surface area (Å²) in [4.78, 5) is 11.8. The van der Waals surface area contributed by atoms with Crippen LogP contribution in [-0.4, -0.2) is 18.7 Å². The second-order valence-corrected chi connectivity index (χ2v) is 5.57. The Labute approximate surface area is 137 Å². The fraction of sp³-hybridized carbons (Fsp3) is 0.263. The Morgan fingerprint density at radius 2 is 1.96 bits per heavy atom. The van der Waals surface area contributed by atoms with Crippen LogP contribution in [-0.2, 0) is 4.79 Å². The molecule has 0 saturated carbocycles. The molecule has 0 aromatic heterocycles. The molecule has 120 valence electrons. The standard InChI is InChI=1S/C19H22N2O2/c1-14-9-10-18(15(2)11-14)23-13-19(22)21-20-12-16(3)17-7-5-4-6-8-17/h4-12,16H,13H2,1-3H3,(H,21,22)/b20-12+/t16-/m0/s1. The van der Waals surface area contributed by atoms with E-state index in [1.807, 2.05) is 69.3 Å². The first-order valence-corrected chi connectivity index (χ1v) is 7.63. The van der Waals surface area contributed by atoms with Crippen LogP contribution in [0.2, 0.25) is 0 Å². The Kier molecular flexibility index (Phi) is 5.92. The third-order valence-electron chi connectivity index (χ3n) is 3.50. The van der Waals surface area contributed by atoms with E-state index in [4.69, 9.17) is 4.74 Å². The summed E-state index contributed by atoms with van der Waals surface area (Å²) in [6, 6.07) is 15.8. The van der Waals surface area contributed by atoms with E-state index in [-0.39, 0.29) is 18.4 Å². The Bertz CT molecular complexity index is 681. The molecule has 0 aliphatic rings. The molecule has 0 aliphatic carbocycles. The average molecular weight is 310 g/mol. The van der Waals surface area contributed by atoms with Crippen LogP contribution in [0.3, 0.4) is 0 Å². The molecule has 0 bridgehead atoms. The smallest absolute Gasteiger partial charge is 0.277 e. The molecule has 0 saturated heterocycles. The van der Waals surface area contributed by atoms with Gasteiger partial charge in [-0.3, -0.25) is 4.79 Å². The highest BCUT2D eigenvalue weighted by atomic mass is 16.5. The highest BCUT2D eigenvalue weighted by molar-refractivity contribution is 5.79. The van der Waals surface area contributed by atoms with Crippen LogP contribution in [0.5, 0.6) is 5.75 Å². The largest absolute Gasteiger partial charge is 0.483 e. The molecule has 23 heavy (non-hydrogen) atoms. The van der Waals surface area contributed by atoms with E-state index in [1.165, 1.54) is 5.56 Å². The number of nitrogens with zero attached hydrogens (tertiary/aromatic N) is 1. The molecule has 0 aliphatic heterocycles. The van der Waals surface area contributed by atoms with Gasteiger partial charge in [0.05, 0.1) is 0 Å². The number of rotatable bonds is 6. The predicted octanol–water partition coefficient (Wildman–Crippen LogP) is 3.59. The van der Waals surface area contributed by atoms with Crippen molar-refractivity contribution in [3.63, 3.8) is 0 Å². The second-order valence-electron chi connectivity index (χ2n) is 5.57.